The third-order valence-electron chi connectivity index (χ3n) is 3.88. The molecule has 0 saturated heterocycles. The van der Waals surface area contributed by atoms with E-state index in [1.807, 2.05) is 13.8 Å². The molecule has 0 bridgehead atoms. The number of hydrogen-bond donors (Lipinski definition) is 0. The summed E-state index contributed by atoms with van der Waals surface area (Å²) in [5, 5.41) is -0.273. The van der Waals surface area contributed by atoms with Gasteiger partial charge in [-0.15, -0.1) is 0 Å². The van der Waals surface area contributed by atoms with Gasteiger partial charge >= 0.3 is 5.97 Å². The Hall–Kier alpha value is -0.620. The first-order valence-electron chi connectivity index (χ1n) is 6.77. The first-order chi connectivity index (χ1) is 8.75. The van der Waals surface area contributed by atoms with E-state index < -0.39 is 9.84 Å². The molecule has 0 aliphatic heterocycles. The Labute approximate surface area is 116 Å². The van der Waals surface area contributed by atoms with Crippen LogP contribution < -0.4 is 0 Å². The lowest BCUT2D eigenvalue weighted by Gasteiger charge is -2.38. The average molecular weight is 291 g/mol. The summed E-state index contributed by atoms with van der Waals surface area (Å²) in [6.07, 6.45) is 4.50. The molecule has 2 unspecified atom stereocenters. The van der Waals surface area contributed by atoms with Crippen LogP contribution in [0.15, 0.2) is 0 Å². The van der Waals surface area contributed by atoms with E-state index in [-0.39, 0.29) is 29.8 Å². The van der Waals surface area contributed by atoms with E-state index in [2.05, 4.69) is 4.90 Å². The normalized spacial score (nSPS) is 24.7. The summed E-state index contributed by atoms with van der Waals surface area (Å²) < 4.78 is 28.1. The Balaban J connectivity index is 2.76. The maximum absolute atomic E-state index is 11.7. The van der Waals surface area contributed by atoms with Crippen LogP contribution in [0.5, 0.6) is 0 Å². The largest absolute Gasteiger partial charge is 0.468 e. The maximum atomic E-state index is 11.7. The van der Waals surface area contributed by atoms with Crippen molar-refractivity contribution in [3.8, 4) is 0 Å². The van der Waals surface area contributed by atoms with Crippen molar-refractivity contribution >= 4 is 15.8 Å². The molecule has 1 aliphatic carbocycles. The molecular weight excluding hydrogens is 266 g/mol. The van der Waals surface area contributed by atoms with Gasteiger partial charge in [0.25, 0.3) is 0 Å². The van der Waals surface area contributed by atoms with Crippen molar-refractivity contribution in [2.75, 3.05) is 19.9 Å². The molecule has 6 heteroatoms. The van der Waals surface area contributed by atoms with Crippen LogP contribution in [-0.2, 0) is 19.4 Å². The Morgan fingerprint density at radius 1 is 1.37 bits per heavy atom. The van der Waals surface area contributed by atoms with Gasteiger partial charge < -0.3 is 4.74 Å². The number of carbonyl (C=O) groups excluding carboxylic acids is 1. The molecule has 1 aliphatic rings. The predicted octanol–water partition coefficient (Wildman–Crippen LogP) is 1.23. The second kappa shape index (κ2) is 6.70. The van der Waals surface area contributed by atoms with Gasteiger partial charge in [-0.25, -0.2) is 8.42 Å². The molecule has 0 radical (unpaired) electrons. The molecule has 1 saturated carbocycles. The van der Waals surface area contributed by atoms with Crippen LogP contribution in [0.4, 0.5) is 0 Å². The molecule has 0 N–H and O–H groups in total. The van der Waals surface area contributed by atoms with Crippen molar-refractivity contribution in [3.05, 3.63) is 0 Å². The fourth-order valence-corrected chi connectivity index (χ4v) is 3.92. The number of carbonyl (C=O) groups is 1. The average Bonchev–Trinajstić information content (AvgIpc) is 2.34. The smallest absolute Gasteiger partial charge is 0.319 e. The Morgan fingerprint density at radius 2 is 2.00 bits per heavy atom. The summed E-state index contributed by atoms with van der Waals surface area (Å²) in [5.41, 5.74) is 0. The molecule has 0 spiro atoms. The van der Waals surface area contributed by atoms with E-state index in [0.29, 0.717) is 6.42 Å². The van der Waals surface area contributed by atoms with E-state index >= 15 is 0 Å². The molecule has 0 aromatic heterocycles. The minimum absolute atomic E-state index is 0.146. The lowest BCUT2D eigenvalue weighted by atomic mass is 9.93. The van der Waals surface area contributed by atoms with Crippen molar-refractivity contribution in [2.45, 2.75) is 56.9 Å². The first kappa shape index (κ1) is 16.4. The van der Waals surface area contributed by atoms with Crippen LogP contribution in [0, 0.1) is 0 Å². The third kappa shape index (κ3) is 4.76. The predicted molar refractivity (Wildman–Crippen MR) is 74.7 cm³/mol. The number of ether oxygens (including phenoxy) is 1. The zero-order valence-corrected chi connectivity index (χ0v) is 13.1. The number of sulfone groups is 1. The Bertz CT molecular complexity index is 405. The second-order valence-electron chi connectivity index (χ2n) is 5.61. The highest BCUT2D eigenvalue weighted by atomic mass is 32.2. The van der Waals surface area contributed by atoms with Gasteiger partial charge in [0.05, 0.1) is 18.9 Å². The summed E-state index contributed by atoms with van der Waals surface area (Å²) >= 11 is 0. The first-order valence-corrected chi connectivity index (χ1v) is 8.72. The number of methoxy groups -OCH3 is 1. The molecule has 0 amide bonds. The molecule has 5 nitrogen and oxygen atoms in total. The summed E-state index contributed by atoms with van der Waals surface area (Å²) in [7, 11) is -1.62. The number of esters is 1. The number of nitrogens with zero attached hydrogens (tertiary/aromatic N) is 1. The fraction of sp³-hybridized carbons (Fsp3) is 0.923. The van der Waals surface area contributed by atoms with Crippen LogP contribution >= 0.6 is 0 Å². The molecule has 0 aromatic rings. The molecule has 0 heterocycles. The topological polar surface area (TPSA) is 63.7 Å². The van der Waals surface area contributed by atoms with Crippen molar-refractivity contribution in [1.82, 2.24) is 4.90 Å². The van der Waals surface area contributed by atoms with E-state index in [0.717, 1.165) is 19.3 Å². The zero-order chi connectivity index (χ0) is 14.6. The highest BCUT2D eigenvalue weighted by molar-refractivity contribution is 7.91. The van der Waals surface area contributed by atoms with Crippen LogP contribution in [0.25, 0.3) is 0 Å². The third-order valence-corrected chi connectivity index (χ3v) is 5.51. The quantitative estimate of drug-likeness (QED) is 0.713. The van der Waals surface area contributed by atoms with E-state index in [1.54, 1.807) is 0 Å². The Morgan fingerprint density at radius 3 is 2.47 bits per heavy atom. The van der Waals surface area contributed by atoms with Gasteiger partial charge in [-0.05, 0) is 33.1 Å². The molecule has 2 atom stereocenters. The molecule has 1 rings (SSSR count). The van der Waals surface area contributed by atoms with Crippen LogP contribution in [0.1, 0.15) is 39.5 Å². The van der Waals surface area contributed by atoms with E-state index in [4.69, 9.17) is 4.74 Å². The van der Waals surface area contributed by atoms with E-state index in [9.17, 15) is 13.2 Å². The Kier molecular flexibility index (Phi) is 5.80. The standard InChI is InChI=1S/C13H25NO4S/c1-10(2)14(9-13(15)18-3)11-6-5-7-12(8-11)19(4,16)17/h10-12H,5-9H2,1-4H3. The van der Waals surface area contributed by atoms with Crippen LogP contribution in [-0.4, -0.2) is 56.5 Å². The molecule has 0 aromatic carbocycles. The summed E-state index contributed by atoms with van der Waals surface area (Å²) in [6, 6.07) is 0.343. The number of rotatable bonds is 5. The molecule has 19 heavy (non-hydrogen) atoms. The highest BCUT2D eigenvalue weighted by Crippen LogP contribution is 2.28. The van der Waals surface area contributed by atoms with Gasteiger partial charge in [0, 0.05) is 18.3 Å². The number of hydrogen-bond acceptors (Lipinski definition) is 5. The zero-order valence-electron chi connectivity index (χ0n) is 12.3. The summed E-state index contributed by atoms with van der Waals surface area (Å²) in [4.78, 5) is 13.5. The van der Waals surface area contributed by atoms with Crippen molar-refractivity contribution in [1.29, 1.82) is 0 Å². The van der Waals surface area contributed by atoms with Crippen LogP contribution in [0.2, 0.25) is 0 Å². The SMILES string of the molecule is COC(=O)CN(C(C)C)C1CCCC(S(C)(=O)=O)C1. The molecule has 112 valence electrons. The lowest BCUT2D eigenvalue weighted by Crippen LogP contribution is -2.47. The molecule has 1 fully saturated rings. The summed E-state index contributed by atoms with van der Waals surface area (Å²) in [6.45, 7) is 4.27. The minimum atomic E-state index is -2.99. The summed E-state index contributed by atoms with van der Waals surface area (Å²) in [5.74, 6) is -0.268. The van der Waals surface area contributed by atoms with Gasteiger partial charge in [0.15, 0.2) is 0 Å². The van der Waals surface area contributed by atoms with E-state index in [1.165, 1.54) is 13.4 Å². The van der Waals surface area contributed by atoms with Crippen LogP contribution in [0.3, 0.4) is 0 Å². The van der Waals surface area contributed by atoms with Crippen molar-refractivity contribution in [3.63, 3.8) is 0 Å². The molecular formula is C13H25NO4S. The van der Waals surface area contributed by atoms with Crippen molar-refractivity contribution < 1.29 is 17.9 Å². The monoisotopic (exact) mass is 291 g/mol. The van der Waals surface area contributed by atoms with Gasteiger partial charge in [-0.1, -0.05) is 6.42 Å². The van der Waals surface area contributed by atoms with Crippen molar-refractivity contribution in [2.24, 2.45) is 0 Å². The highest BCUT2D eigenvalue weighted by Gasteiger charge is 2.33. The minimum Gasteiger partial charge on any atom is -0.468 e. The maximum Gasteiger partial charge on any atom is 0.319 e. The van der Waals surface area contributed by atoms with Gasteiger partial charge in [-0.3, -0.25) is 9.69 Å². The van der Waals surface area contributed by atoms with Gasteiger partial charge in [-0.2, -0.15) is 0 Å². The second-order valence-corrected chi connectivity index (χ2v) is 7.94. The van der Waals surface area contributed by atoms with Gasteiger partial charge in [0.2, 0.25) is 0 Å². The fourth-order valence-electron chi connectivity index (χ4n) is 2.76. The lowest BCUT2D eigenvalue weighted by molar-refractivity contribution is -0.143. The van der Waals surface area contributed by atoms with Gasteiger partial charge in [0.1, 0.15) is 9.84 Å².